The zero-order valence-corrected chi connectivity index (χ0v) is 35.6. The Morgan fingerprint density at radius 1 is 0.318 bits per heavy atom. The van der Waals surface area contributed by atoms with Crippen molar-refractivity contribution in [3.05, 3.63) is 0 Å². The van der Waals surface area contributed by atoms with Crippen LogP contribution < -0.4 is 0 Å². The third kappa shape index (κ3) is 18.3. The molecule has 0 spiro atoms. The van der Waals surface area contributed by atoms with Gasteiger partial charge in [-0.3, -0.25) is 0 Å². The zero-order valence-electron chi connectivity index (χ0n) is 31.7. The SMILES string of the molecule is CCCC[Si](CCCC)(CCCC)OP(=O)(O[Si](CCCC)(CCCC)CCCC)O[Si](CCCC)(CCCC)CCCC. The summed E-state index contributed by atoms with van der Waals surface area (Å²) in [5.41, 5.74) is 0. The first kappa shape index (κ1) is 44.8. The highest BCUT2D eigenvalue weighted by atomic mass is 31.2. The lowest BCUT2D eigenvalue weighted by Gasteiger charge is -2.43. The van der Waals surface area contributed by atoms with Crippen LogP contribution in [-0.2, 0) is 17.2 Å². The topological polar surface area (TPSA) is 44.8 Å². The van der Waals surface area contributed by atoms with Crippen molar-refractivity contribution in [2.24, 2.45) is 0 Å². The monoisotopic (exact) mass is 693 g/mol. The van der Waals surface area contributed by atoms with Gasteiger partial charge in [0.15, 0.2) is 0 Å². The van der Waals surface area contributed by atoms with Crippen molar-refractivity contribution in [1.29, 1.82) is 0 Å². The molecule has 0 heterocycles. The molecule has 0 N–H and O–H groups in total. The number of hydrogen-bond donors (Lipinski definition) is 0. The van der Waals surface area contributed by atoms with Crippen LogP contribution in [0, 0.1) is 0 Å². The molecule has 0 fully saturated rings. The molecule has 0 saturated heterocycles. The molecule has 0 unspecified atom stereocenters. The van der Waals surface area contributed by atoms with Crippen LogP contribution in [0.25, 0.3) is 0 Å². The van der Waals surface area contributed by atoms with Crippen LogP contribution in [0.3, 0.4) is 0 Å². The largest absolute Gasteiger partial charge is 0.445 e. The molecule has 8 heteroatoms. The van der Waals surface area contributed by atoms with Crippen LogP contribution in [0.15, 0.2) is 0 Å². The molecule has 0 atom stereocenters. The first-order valence-corrected chi connectivity index (χ1v) is 28.9. The summed E-state index contributed by atoms with van der Waals surface area (Å²) in [7, 11) is -10.8. The van der Waals surface area contributed by atoms with E-state index >= 15 is 4.57 Å². The third-order valence-electron chi connectivity index (χ3n) is 9.79. The van der Waals surface area contributed by atoms with Gasteiger partial charge in [-0.05, 0) is 54.4 Å². The highest BCUT2D eigenvalue weighted by Crippen LogP contribution is 2.61. The standard InChI is InChI=1S/C36H81O4PSi3/c1-10-19-28-42(29-20-11-2,30-21-12-3)38-41(37,39-43(31-22-13-4,32-23-14-5)33-24-15-6)40-44(34-25-16-7,35-26-17-8)36-27-18-9/h10-36H2,1-9H3. The third-order valence-corrected chi connectivity index (χ3v) is 28.5. The van der Waals surface area contributed by atoms with Crippen molar-refractivity contribution in [3.8, 4) is 0 Å². The minimum atomic E-state index is -3.76. The second kappa shape index (κ2) is 26.7. The molecule has 0 amide bonds. The minimum Gasteiger partial charge on any atom is -0.330 e. The molecule has 266 valence electrons. The van der Waals surface area contributed by atoms with E-state index in [1.807, 2.05) is 0 Å². The van der Waals surface area contributed by atoms with Crippen molar-refractivity contribution in [2.45, 2.75) is 232 Å². The molecule has 0 aliphatic heterocycles. The molecule has 0 radical (unpaired) electrons. The van der Waals surface area contributed by atoms with E-state index in [-0.39, 0.29) is 0 Å². The maximum Gasteiger partial charge on any atom is 0.445 e. The number of unbranched alkanes of at least 4 members (excludes halogenated alkanes) is 9. The Balaban J connectivity index is 7.27. The Bertz CT molecular complexity index is 553. The quantitative estimate of drug-likeness (QED) is 0.0507. The predicted octanol–water partition coefficient (Wildman–Crippen LogP) is 15.2. The van der Waals surface area contributed by atoms with Gasteiger partial charge < -0.3 is 12.6 Å². The van der Waals surface area contributed by atoms with Gasteiger partial charge >= 0.3 is 7.82 Å². The van der Waals surface area contributed by atoms with Crippen molar-refractivity contribution in [1.82, 2.24) is 0 Å². The summed E-state index contributed by atoms with van der Waals surface area (Å²) in [6.07, 6.45) is 20.9. The highest BCUT2D eigenvalue weighted by molar-refractivity contribution is 7.54. The molecule has 44 heavy (non-hydrogen) atoms. The predicted molar refractivity (Wildman–Crippen MR) is 206 cm³/mol. The summed E-state index contributed by atoms with van der Waals surface area (Å²) in [6.45, 7) is 20.6. The van der Waals surface area contributed by atoms with Gasteiger partial charge in [0.05, 0.1) is 0 Å². The van der Waals surface area contributed by atoms with E-state index in [0.29, 0.717) is 0 Å². The molecule has 0 aliphatic carbocycles. The number of hydrogen-bond acceptors (Lipinski definition) is 4. The number of rotatable bonds is 33. The average Bonchev–Trinajstić information content (AvgIpc) is 3.02. The zero-order chi connectivity index (χ0) is 33.2. The van der Waals surface area contributed by atoms with E-state index in [1.165, 1.54) is 0 Å². The van der Waals surface area contributed by atoms with Gasteiger partial charge in [0.1, 0.15) is 0 Å². The molecule has 0 saturated carbocycles. The molecule has 0 bridgehead atoms. The van der Waals surface area contributed by atoms with Gasteiger partial charge in [0, 0.05) is 0 Å². The summed E-state index contributed by atoms with van der Waals surface area (Å²) in [5, 5.41) is 0. The van der Waals surface area contributed by atoms with Crippen LogP contribution in [0.5, 0.6) is 0 Å². The lowest BCUT2D eigenvalue weighted by atomic mass is 10.4. The summed E-state index contributed by atoms with van der Waals surface area (Å²) in [4.78, 5) is 0. The first-order chi connectivity index (χ1) is 21.2. The normalized spacial score (nSPS) is 13.2. The van der Waals surface area contributed by atoms with Gasteiger partial charge in [-0.25, -0.2) is 4.57 Å². The van der Waals surface area contributed by atoms with Gasteiger partial charge in [-0.2, -0.15) is 0 Å². The second-order valence-corrected chi connectivity index (χ2v) is 28.9. The van der Waals surface area contributed by atoms with Crippen LogP contribution in [0.2, 0.25) is 54.4 Å². The second-order valence-electron chi connectivity index (χ2n) is 14.2. The van der Waals surface area contributed by atoms with E-state index in [4.69, 9.17) is 12.6 Å². The van der Waals surface area contributed by atoms with Crippen LogP contribution >= 0.6 is 7.82 Å². The maximum atomic E-state index is 16.0. The van der Waals surface area contributed by atoms with Gasteiger partial charge in [0.25, 0.3) is 0 Å². The molecular formula is C36H81O4PSi3. The first-order valence-electron chi connectivity index (χ1n) is 19.9. The van der Waals surface area contributed by atoms with Gasteiger partial charge in [-0.15, -0.1) is 0 Å². The van der Waals surface area contributed by atoms with E-state index in [2.05, 4.69) is 62.3 Å². The smallest absolute Gasteiger partial charge is 0.330 e. The van der Waals surface area contributed by atoms with Crippen LogP contribution in [0.1, 0.15) is 178 Å². The average molecular weight is 693 g/mol. The lowest BCUT2D eigenvalue weighted by Crippen LogP contribution is -2.45. The summed E-state index contributed by atoms with van der Waals surface area (Å²) in [6, 6.07) is 9.88. The van der Waals surface area contributed by atoms with Crippen molar-refractivity contribution in [3.63, 3.8) is 0 Å². The van der Waals surface area contributed by atoms with Crippen LogP contribution in [0.4, 0.5) is 0 Å². The van der Waals surface area contributed by atoms with Crippen molar-refractivity contribution < 1.29 is 17.2 Å². The lowest BCUT2D eigenvalue weighted by molar-refractivity contribution is 0.276. The summed E-state index contributed by atoms with van der Waals surface area (Å²) in [5.74, 6) is 0. The highest BCUT2D eigenvalue weighted by Gasteiger charge is 2.51. The fourth-order valence-corrected chi connectivity index (χ4v) is 28.5. The summed E-state index contributed by atoms with van der Waals surface area (Å²) < 4.78 is 38.3. The Morgan fingerprint density at radius 3 is 0.568 bits per heavy atom. The molecule has 0 aromatic heterocycles. The Hall–Kier alpha value is 0.761. The fraction of sp³-hybridized carbons (Fsp3) is 1.00. The van der Waals surface area contributed by atoms with Crippen LogP contribution in [-0.4, -0.2) is 25.0 Å². The molecule has 0 aliphatic rings. The maximum absolute atomic E-state index is 16.0. The molecule has 0 rings (SSSR count). The van der Waals surface area contributed by atoms with Crippen molar-refractivity contribution in [2.75, 3.05) is 0 Å². The Kier molecular flexibility index (Phi) is 27.1. The van der Waals surface area contributed by atoms with E-state index < -0.39 is 32.8 Å². The molecule has 4 nitrogen and oxygen atoms in total. The Morgan fingerprint density at radius 2 is 0.455 bits per heavy atom. The Labute approximate surface area is 281 Å². The van der Waals surface area contributed by atoms with Gasteiger partial charge in [-0.1, -0.05) is 178 Å². The van der Waals surface area contributed by atoms with E-state index in [1.54, 1.807) is 0 Å². The summed E-state index contributed by atoms with van der Waals surface area (Å²) >= 11 is 0. The molecular weight excluding hydrogens is 612 g/mol. The minimum absolute atomic E-state index is 1.10. The molecule has 0 aromatic rings. The van der Waals surface area contributed by atoms with E-state index in [9.17, 15) is 0 Å². The number of phosphoric acid groups is 1. The fourth-order valence-electron chi connectivity index (χ4n) is 6.79. The van der Waals surface area contributed by atoms with E-state index in [0.717, 1.165) is 170 Å². The molecule has 0 aromatic carbocycles. The van der Waals surface area contributed by atoms with Gasteiger partial charge in [0.2, 0.25) is 25.0 Å². The van der Waals surface area contributed by atoms with Crippen molar-refractivity contribution >= 4 is 32.8 Å².